The van der Waals surface area contributed by atoms with Gasteiger partial charge in [0, 0.05) is 13.1 Å². The summed E-state index contributed by atoms with van der Waals surface area (Å²) in [6, 6.07) is 9.76. The maximum absolute atomic E-state index is 13.2. The highest BCUT2D eigenvalue weighted by Gasteiger charge is 2.44. The molecule has 0 spiro atoms. The van der Waals surface area contributed by atoms with Crippen LogP contribution in [0.15, 0.2) is 58.4 Å². The number of carbonyl (C=O) groups excluding carboxylic acids is 2. The predicted molar refractivity (Wildman–Crippen MR) is 117 cm³/mol. The Labute approximate surface area is 182 Å². The van der Waals surface area contributed by atoms with Crippen LogP contribution in [0.25, 0.3) is 0 Å². The van der Waals surface area contributed by atoms with E-state index in [2.05, 4.69) is 18.7 Å². The monoisotopic (exact) mass is 426 g/mol. The molecule has 7 heteroatoms. The lowest BCUT2D eigenvalue weighted by Crippen LogP contribution is -2.38. The van der Waals surface area contributed by atoms with E-state index in [9.17, 15) is 14.7 Å². The molecule has 1 aromatic heterocycles. The minimum absolute atomic E-state index is 0.0344. The molecule has 0 unspecified atom stereocenters. The molecule has 1 amide bonds. The van der Waals surface area contributed by atoms with Gasteiger partial charge in [-0.25, -0.2) is 0 Å². The maximum atomic E-state index is 13.2. The van der Waals surface area contributed by atoms with E-state index in [-0.39, 0.29) is 11.3 Å². The third-order valence-electron chi connectivity index (χ3n) is 5.49. The largest absolute Gasteiger partial charge is 0.503 e. The molecule has 0 aliphatic carbocycles. The third-order valence-corrected chi connectivity index (χ3v) is 5.49. The number of aliphatic hydroxyl groups is 1. The number of ether oxygens (including phenoxy) is 1. The maximum Gasteiger partial charge on any atom is 0.290 e. The van der Waals surface area contributed by atoms with Gasteiger partial charge in [0.25, 0.3) is 5.91 Å². The molecule has 1 atom stereocenters. The summed E-state index contributed by atoms with van der Waals surface area (Å²) >= 11 is 0. The van der Waals surface area contributed by atoms with E-state index >= 15 is 0 Å². The molecule has 166 valence electrons. The van der Waals surface area contributed by atoms with Crippen LogP contribution in [0, 0.1) is 0 Å². The lowest BCUT2D eigenvalue weighted by atomic mass is 9.95. The van der Waals surface area contributed by atoms with Crippen LogP contribution >= 0.6 is 0 Å². The smallest absolute Gasteiger partial charge is 0.290 e. The van der Waals surface area contributed by atoms with Gasteiger partial charge >= 0.3 is 0 Å². The van der Waals surface area contributed by atoms with Crippen molar-refractivity contribution in [2.75, 3.05) is 32.8 Å². The lowest BCUT2D eigenvalue weighted by Gasteiger charge is -2.29. The number of likely N-dealkylation sites (N-methyl/N-ethyl adjacent to an activating group) is 1. The first-order valence-electron chi connectivity index (χ1n) is 10.8. The van der Waals surface area contributed by atoms with Gasteiger partial charge in [0.05, 0.1) is 24.5 Å². The van der Waals surface area contributed by atoms with Crippen molar-refractivity contribution in [2.24, 2.45) is 0 Å². The van der Waals surface area contributed by atoms with Crippen molar-refractivity contribution >= 4 is 11.7 Å². The zero-order chi connectivity index (χ0) is 22.4. The van der Waals surface area contributed by atoms with E-state index in [1.54, 1.807) is 11.0 Å². The Bertz CT molecular complexity index is 931. The summed E-state index contributed by atoms with van der Waals surface area (Å²) in [6.45, 7) is 9.42. The van der Waals surface area contributed by atoms with E-state index in [1.165, 1.54) is 12.3 Å². The van der Waals surface area contributed by atoms with Crippen LogP contribution in [0.2, 0.25) is 0 Å². The van der Waals surface area contributed by atoms with Crippen LogP contribution in [0.4, 0.5) is 0 Å². The van der Waals surface area contributed by atoms with Crippen molar-refractivity contribution < 1.29 is 23.8 Å². The first-order valence-corrected chi connectivity index (χ1v) is 10.8. The number of aliphatic hydroxyl groups excluding tert-OH is 1. The molecule has 0 bridgehead atoms. The van der Waals surface area contributed by atoms with Crippen molar-refractivity contribution in [3.05, 3.63) is 65.3 Å². The number of benzene rings is 1. The average molecular weight is 427 g/mol. The zero-order valence-electron chi connectivity index (χ0n) is 18.3. The summed E-state index contributed by atoms with van der Waals surface area (Å²) in [6.07, 6.45) is 2.26. The van der Waals surface area contributed by atoms with Crippen LogP contribution < -0.4 is 4.74 Å². The highest BCUT2D eigenvalue weighted by molar-refractivity contribution is 6.15. The highest BCUT2D eigenvalue weighted by atomic mass is 16.5. The van der Waals surface area contributed by atoms with E-state index in [1.807, 2.05) is 31.2 Å². The zero-order valence-corrected chi connectivity index (χ0v) is 18.3. The predicted octanol–water partition coefficient (Wildman–Crippen LogP) is 3.99. The first kappa shape index (κ1) is 22.6. The summed E-state index contributed by atoms with van der Waals surface area (Å²) in [4.78, 5) is 29.9. The van der Waals surface area contributed by atoms with Crippen LogP contribution in [0.5, 0.6) is 5.75 Å². The van der Waals surface area contributed by atoms with Gasteiger partial charge in [-0.3, -0.25) is 9.59 Å². The second-order valence-electron chi connectivity index (χ2n) is 7.42. The summed E-state index contributed by atoms with van der Waals surface area (Å²) in [5.74, 6) is -0.821. The second-order valence-corrected chi connectivity index (χ2v) is 7.42. The lowest BCUT2D eigenvalue weighted by molar-refractivity contribution is -0.129. The molecule has 1 aromatic carbocycles. The minimum atomic E-state index is -0.717. The number of Topliss-reactive ketones (excluding diaryl/α,β-unsaturated/α-hetero) is 1. The second kappa shape index (κ2) is 10.3. The van der Waals surface area contributed by atoms with Gasteiger partial charge in [0.15, 0.2) is 11.5 Å². The van der Waals surface area contributed by atoms with E-state index in [0.29, 0.717) is 31.0 Å². The standard InChI is InChI=1S/C24H30N2O5/c1-4-14-30-18-10-7-9-17(16-18)21-20(22(27)19-11-8-15-31-19)23(28)24(29)26(21)13-12-25(5-2)6-3/h7-11,15-16,21,28H,4-6,12-14H2,1-3H3/t21-/m1/s1. The number of carbonyl (C=O) groups is 2. The van der Waals surface area contributed by atoms with Crippen LogP contribution in [0.3, 0.4) is 0 Å². The molecule has 31 heavy (non-hydrogen) atoms. The van der Waals surface area contributed by atoms with Crippen molar-refractivity contribution in [3.63, 3.8) is 0 Å². The summed E-state index contributed by atoms with van der Waals surface area (Å²) in [5.41, 5.74) is 0.743. The number of amides is 1. The number of rotatable bonds is 11. The molecule has 0 radical (unpaired) electrons. The Kier molecular flexibility index (Phi) is 7.52. The van der Waals surface area contributed by atoms with Gasteiger partial charge in [-0.2, -0.15) is 0 Å². The molecule has 2 aromatic rings. The number of nitrogens with zero attached hydrogens (tertiary/aromatic N) is 2. The Hall–Kier alpha value is -3.06. The van der Waals surface area contributed by atoms with Gasteiger partial charge in [-0.05, 0) is 49.3 Å². The Balaban J connectivity index is 2.00. The van der Waals surface area contributed by atoms with Crippen LogP contribution in [-0.4, -0.2) is 59.4 Å². The van der Waals surface area contributed by atoms with Gasteiger partial charge in [-0.15, -0.1) is 0 Å². The van der Waals surface area contributed by atoms with Gasteiger partial charge < -0.3 is 24.1 Å². The SMILES string of the molecule is CCCOc1cccc([C@@H]2C(C(=O)c3ccco3)=C(O)C(=O)N2CCN(CC)CC)c1. The fourth-order valence-corrected chi connectivity index (χ4v) is 3.79. The number of hydrogen-bond donors (Lipinski definition) is 1. The molecule has 0 saturated carbocycles. The fourth-order valence-electron chi connectivity index (χ4n) is 3.79. The van der Waals surface area contributed by atoms with E-state index in [0.717, 1.165) is 19.5 Å². The molecule has 3 rings (SSSR count). The Morgan fingerprint density at radius 1 is 1.19 bits per heavy atom. The van der Waals surface area contributed by atoms with Crippen LogP contribution in [-0.2, 0) is 4.79 Å². The topological polar surface area (TPSA) is 83.2 Å². The molecule has 1 aliphatic heterocycles. The quantitative estimate of drug-likeness (QED) is 0.547. The van der Waals surface area contributed by atoms with Crippen LogP contribution in [0.1, 0.15) is 49.4 Å². The van der Waals surface area contributed by atoms with Crippen molar-refractivity contribution in [1.82, 2.24) is 9.80 Å². The van der Waals surface area contributed by atoms with Gasteiger partial charge in [0.2, 0.25) is 5.78 Å². The van der Waals surface area contributed by atoms with Crippen molar-refractivity contribution in [1.29, 1.82) is 0 Å². The first-order chi connectivity index (χ1) is 15.0. The van der Waals surface area contributed by atoms with E-state index in [4.69, 9.17) is 9.15 Å². The highest BCUT2D eigenvalue weighted by Crippen LogP contribution is 2.39. The molecule has 1 aliphatic rings. The molecule has 0 fully saturated rings. The summed E-state index contributed by atoms with van der Waals surface area (Å²) in [5, 5.41) is 10.7. The van der Waals surface area contributed by atoms with Crippen molar-refractivity contribution in [3.8, 4) is 5.75 Å². The van der Waals surface area contributed by atoms with Crippen molar-refractivity contribution in [2.45, 2.75) is 33.2 Å². The number of ketones is 1. The Morgan fingerprint density at radius 3 is 2.61 bits per heavy atom. The summed E-state index contributed by atoms with van der Waals surface area (Å²) < 4.78 is 11.0. The van der Waals surface area contributed by atoms with E-state index < -0.39 is 23.5 Å². The Morgan fingerprint density at radius 2 is 1.97 bits per heavy atom. The molecular formula is C24H30N2O5. The normalized spacial score (nSPS) is 16.5. The average Bonchev–Trinajstić information content (AvgIpc) is 3.41. The number of furan rings is 1. The fraction of sp³-hybridized carbons (Fsp3) is 0.417. The molecule has 0 saturated heterocycles. The number of hydrogen-bond acceptors (Lipinski definition) is 6. The summed E-state index contributed by atoms with van der Waals surface area (Å²) in [7, 11) is 0. The van der Waals surface area contributed by atoms with Gasteiger partial charge in [-0.1, -0.05) is 32.9 Å². The molecule has 1 N–H and O–H groups in total. The third kappa shape index (κ3) is 4.82. The molecular weight excluding hydrogens is 396 g/mol. The molecule has 2 heterocycles. The molecule has 7 nitrogen and oxygen atoms in total. The minimum Gasteiger partial charge on any atom is -0.503 e. The van der Waals surface area contributed by atoms with Gasteiger partial charge in [0.1, 0.15) is 5.75 Å².